The number of hydrogen-bond donors (Lipinski definition) is 0. The Balaban J connectivity index is 0.000000573. The summed E-state index contributed by atoms with van der Waals surface area (Å²) >= 11 is 0. The fraction of sp³-hybridized carbons (Fsp3) is 0.737. The van der Waals surface area contributed by atoms with E-state index in [1.807, 2.05) is 36.4 Å². The number of aryl methyl sites for hydroxylation is 4. The largest absolute Gasteiger partial charge is 2.00 e. The molecule has 0 saturated heterocycles. The maximum Gasteiger partial charge on any atom is 2.00 e. The molecule has 9 heteroatoms. The van der Waals surface area contributed by atoms with Crippen LogP contribution in [-0.4, -0.2) is 74.8 Å². The van der Waals surface area contributed by atoms with Crippen LogP contribution in [0.2, 0.25) is 0 Å². The molecule has 6 nitrogen and oxygen atoms in total. The van der Waals surface area contributed by atoms with E-state index in [1.54, 1.807) is 24.3 Å². The third kappa shape index (κ3) is 37.0. The van der Waals surface area contributed by atoms with Crippen LogP contribution < -0.4 is 0 Å². The molecule has 0 saturated carbocycles. The molecular weight excluding hydrogens is 1210 g/mol. The molecule has 0 heterocycles. The Morgan fingerprint density at radius 1 is 0.259 bits per heavy atom. The molecule has 0 fully saturated rings. The summed E-state index contributed by atoms with van der Waals surface area (Å²) in [5.74, 6) is 0. The number of benzene rings is 4. The first-order valence-corrected chi connectivity index (χ1v) is 38.8. The van der Waals surface area contributed by atoms with Gasteiger partial charge in [0.25, 0.3) is 0 Å². The minimum absolute atomic E-state index is 0. The van der Waals surface area contributed by atoms with Crippen molar-refractivity contribution in [1.82, 2.24) is 0 Å². The van der Waals surface area contributed by atoms with E-state index in [0.717, 1.165) is 73.3 Å². The predicted molar refractivity (Wildman–Crippen MR) is 369 cm³/mol. The second kappa shape index (κ2) is 52.4. The van der Waals surface area contributed by atoms with Crippen molar-refractivity contribution < 1.29 is 25.9 Å². The van der Waals surface area contributed by atoms with Gasteiger partial charge in [0.15, 0.2) is 0 Å². The van der Waals surface area contributed by atoms with E-state index in [2.05, 4.69) is 27.7 Å². The molecule has 0 atom stereocenters. The van der Waals surface area contributed by atoms with E-state index in [1.165, 1.54) is 294 Å². The van der Waals surface area contributed by atoms with Crippen LogP contribution in [0.15, 0.2) is 70.5 Å². The molecule has 0 aromatic heterocycles. The van der Waals surface area contributed by atoms with E-state index in [9.17, 15) is 25.9 Å². The van der Waals surface area contributed by atoms with E-state index in [0.29, 0.717) is 10.8 Å². The van der Waals surface area contributed by atoms with Gasteiger partial charge in [0, 0.05) is 0 Å². The van der Waals surface area contributed by atoms with Gasteiger partial charge < -0.3 is 9.11 Å². The number of hydrogen-bond acceptors (Lipinski definition) is 6. The number of rotatable bonds is 54. The van der Waals surface area contributed by atoms with Crippen molar-refractivity contribution >= 4 is 90.7 Å². The van der Waals surface area contributed by atoms with Gasteiger partial charge in [-0.2, -0.15) is 0 Å². The van der Waals surface area contributed by atoms with Crippen LogP contribution in [-0.2, 0) is 45.9 Å². The van der Waals surface area contributed by atoms with Crippen LogP contribution >= 0.6 is 0 Å². The summed E-state index contributed by atoms with van der Waals surface area (Å²) in [4.78, 5) is -0.0732. The first-order chi connectivity index (χ1) is 41.0. The van der Waals surface area contributed by atoms with Gasteiger partial charge in [0.2, 0.25) is 0 Å². The fourth-order valence-corrected chi connectivity index (χ4v) is 14.4. The number of unbranched alkanes of at least 4 members (excludes halogenated alkanes) is 44. The van der Waals surface area contributed by atoms with Crippen LogP contribution in [0.25, 0.3) is 21.5 Å². The van der Waals surface area contributed by atoms with Crippen LogP contribution in [0, 0.1) is 0 Å². The van der Waals surface area contributed by atoms with Crippen LogP contribution in [0.4, 0.5) is 0 Å². The fourth-order valence-electron chi connectivity index (χ4n) is 13.0. The summed E-state index contributed by atoms with van der Waals surface area (Å²) < 4.78 is 73.2. The van der Waals surface area contributed by atoms with Crippen molar-refractivity contribution in [3.05, 3.63) is 82.9 Å². The summed E-state index contributed by atoms with van der Waals surface area (Å²) in [6.45, 7) is 9.08. The van der Waals surface area contributed by atoms with Gasteiger partial charge in [-0.05, 0) is 107 Å². The average Bonchev–Trinajstić information content (AvgIpc) is 3.34. The molecule has 4 aromatic rings. The van der Waals surface area contributed by atoms with E-state index >= 15 is 0 Å². The Morgan fingerprint density at radius 3 is 0.635 bits per heavy atom. The summed E-state index contributed by atoms with van der Waals surface area (Å²) in [7, 11) is -9.04. The van der Waals surface area contributed by atoms with Crippen molar-refractivity contribution in [3.63, 3.8) is 0 Å². The normalized spacial score (nSPS) is 11.8. The SMILES string of the molecule is CCCCCCCCCCCCCCc1cc(S(=O)(=O)[O-])c2ccccc2c1CCCCCCCCCCCCCC.CCCCCCCCCCCCCCc1cc(S(=O)(=O)[O-])c2ccccc2c1CCCCCCCCCCCCCC.[Ba+2]. The third-order valence-electron chi connectivity index (χ3n) is 18.1. The molecular formula is C76H126BaO6S2. The maximum atomic E-state index is 12.2. The van der Waals surface area contributed by atoms with Crippen molar-refractivity contribution in [2.75, 3.05) is 0 Å². The summed E-state index contributed by atoms with van der Waals surface area (Å²) in [5.41, 5.74) is 4.71. The topological polar surface area (TPSA) is 114 Å². The van der Waals surface area contributed by atoms with E-state index in [4.69, 9.17) is 0 Å². The van der Waals surface area contributed by atoms with Crippen molar-refractivity contribution in [3.8, 4) is 0 Å². The minimum Gasteiger partial charge on any atom is -0.744 e. The van der Waals surface area contributed by atoms with Crippen molar-refractivity contribution in [1.29, 1.82) is 0 Å². The first-order valence-electron chi connectivity index (χ1n) is 36.0. The van der Waals surface area contributed by atoms with Crippen molar-refractivity contribution in [2.45, 2.75) is 371 Å². The third-order valence-corrected chi connectivity index (χ3v) is 19.9. The summed E-state index contributed by atoms with van der Waals surface area (Å²) in [6.07, 6.45) is 66.8. The van der Waals surface area contributed by atoms with E-state index in [-0.39, 0.29) is 58.7 Å². The van der Waals surface area contributed by atoms with Gasteiger partial charge in [0.05, 0.1) is 9.79 Å². The van der Waals surface area contributed by atoms with Gasteiger partial charge in [-0.15, -0.1) is 0 Å². The van der Waals surface area contributed by atoms with Crippen LogP contribution in [0.5, 0.6) is 0 Å². The van der Waals surface area contributed by atoms with Gasteiger partial charge in [-0.3, -0.25) is 0 Å². The predicted octanol–water partition coefficient (Wildman–Crippen LogP) is 24.1. The molecule has 0 aliphatic heterocycles. The Hall–Kier alpha value is -1.21. The molecule has 0 aliphatic rings. The quantitative estimate of drug-likeness (QED) is 0.0247. The molecule has 0 unspecified atom stereocenters. The summed E-state index contributed by atoms with van der Waals surface area (Å²) in [5, 5.41) is 3.12. The zero-order valence-electron chi connectivity index (χ0n) is 55.5. The van der Waals surface area contributed by atoms with Gasteiger partial charge in [-0.1, -0.05) is 359 Å². The smallest absolute Gasteiger partial charge is 0.744 e. The average molecular weight is 1340 g/mol. The monoisotopic (exact) mass is 1340 g/mol. The molecule has 0 bridgehead atoms. The Kier molecular flexibility index (Phi) is 49.3. The molecule has 4 rings (SSSR count). The van der Waals surface area contributed by atoms with Gasteiger partial charge in [-0.25, -0.2) is 16.8 Å². The van der Waals surface area contributed by atoms with Crippen LogP contribution in [0.3, 0.4) is 0 Å². The molecule has 0 amide bonds. The first kappa shape index (κ1) is 79.9. The zero-order chi connectivity index (χ0) is 60.6. The number of fused-ring (bicyclic) bond motifs is 2. The Labute approximate surface area is 565 Å². The molecule has 480 valence electrons. The van der Waals surface area contributed by atoms with E-state index < -0.39 is 20.2 Å². The Morgan fingerprint density at radius 2 is 0.435 bits per heavy atom. The minimum atomic E-state index is -4.52. The molecule has 0 aliphatic carbocycles. The second-order valence-electron chi connectivity index (χ2n) is 25.6. The second-order valence-corrected chi connectivity index (χ2v) is 28.3. The maximum absolute atomic E-state index is 12.2. The van der Waals surface area contributed by atoms with Crippen LogP contribution in [0.1, 0.15) is 358 Å². The van der Waals surface area contributed by atoms with Gasteiger partial charge in [0.1, 0.15) is 20.2 Å². The standard InChI is InChI=1S/2C38H64O3S.Ba/c2*1-3-5-7-9-11-13-15-17-19-21-23-25-29-34-33-38(42(39,40)41)37-32-28-27-31-36(37)35(34)30-26-24-22-20-18-16-14-12-10-8-6-4-2;/h2*27-28,31-33H,3-26,29-30H2,1-2H3,(H,39,40,41);/q;;+2/p-2. The molecule has 4 aromatic carbocycles. The molecule has 85 heavy (non-hydrogen) atoms. The van der Waals surface area contributed by atoms with Gasteiger partial charge >= 0.3 is 48.9 Å². The molecule has 0 spiro atoms. The summed E-state index contributed by atoms with van der Waals surface area (Å²) in [6, 6.07) is 18.7. The zero-order valence-corrected chi connectivity index (χ0v) is 61.6. The molecule has 0 radical (unpaired) electrons. The van der Waals surface area contributed by atoms with Crippen molar-refractivity contribution in [2.24, 2.45) is 0 Å². The Bertz CT molecular complexity index is 2300. The molecule has 0 N–H and O–H groups in total.